The van der Waals surface area contributed by atoms with Gasteiger partial charge >= 0.3 is 5.97 Å². The van der Waals surface area contributed by atoms with Crippen molar-refractivity contribution in [2.75, 3.05) is 6.54 Å². The van der Waals surface area contributed by atoms with Crippen LogP contribution in [0.2, 0.25) is 0 Å². The van der Waals surface area contributed by atoms with Crippen LogP contribution in [0.3, 0.4) is 0 Å². The van der Waals surface area contributed by atoms with Gasteiger partial charge in [-0.15, -0.1) is 0 Å². The van der Waals surface area contributed by atoms with Gasteiger partial charge in [-0.1, -0.05) is 26.2 Å². The average molecular weight is 239 g/mol. The fourth-order valence-electron chi connectivity index (χ4n) is 3.79. The molecule has 1 amide bonds. The van der Waals surface area contributed by atoms with Crippen LogP contribution in [0.15, 0.2) is 0 Å². The van der Waals surface area contributed by atoms with Crippen molar-refractivity contribution in [3.05, 3.63) is 0 Å². The number of hydrogen-bond acceptors (Lipinski definition) is 2. The highest BCUT2D eigenvalue weighted by molar-refractivity contribution is 5.84. The highest BCUT2D eigenvalue weighted by atomic mass is 16.4. The SMILES string of the molecule is CCC1N(CC(=O)O)C(=O)CC12CCCCC2. The summed E-state index contributed by atoms with van der Waals surface area (Å²) in [5.41, 5.74) is 0.0829. The van der Waals surface area contributed by atoms with Crippen LogP contribution in [-0.4, -0.2) is 34.5 Å². The van der Waals surface area contributed by atoms with Gasteiger partial charge in [-0.3, -0.25) is 9.59 Å². The molecule has 2 rings (SSSR count). The molecule has 1 heterocycles. The van der Waals surface area contributed by atoms with E-state index < -0.39 is 5.97 Å². The van der Waals surface area contributed by atoms with Gasteiger partial charge < -0.3 is 10.0 Å². The van der Waals surface area contributed by atoms with E-state index in [1.807, 2.05) is 0 Å². The van der Waals surface area contributed by atoms with Crippen LogP contribution in [0, 0.1) is 5.41 Å². The van der Waals surface area contributed by atoms with Crippen molar-refractivity contribution in [1.82, 2.24) is 4.90 Å². The standard InChI is InChI=1S/C13H21NO3/c1-2-10-13(6-4-3-5-7-13)8-11(15)14(10)9-12(16)17/h10H,2-9H2,1H3,(H,16,17). The predicted octanol–water partition coefficient (Wildman–Crippen LogP) is 2.03. The zero-order valence-electron chi connectivity index (χ0n) is 10.4. The van der Waals surface area contributed by atoms with Crippen LogP contribution in [0.4, 0.5) is 0 Å². The van der Waals surface area contributed by atoms with E-state index >= 15 is 0 Å². The second-order valence-electron chi connectivity index (χ2n) is 5.44. The molecule has 1 unspecified atom stereocenters. The Balaban J connectivity index is 2.19. The van der Waals surface area contributed by atoms with Crippen molar-refractivity contribution in [1.29, 1.82) is 0 Å². The van der Waals surface area contributed by atoms with Gasteiger partial charge in [0, 0.05) is 12.5 Å². The number of hydrogen-bond donors (Lipinski definition) is 1. The maximum atomic E-state index is 12.0. The lowest BCUT2D eigenvalue weighted by atomic mass is 9.68. The summed E-state index contributed by atoms with van der Waals surface area (Å²) in [5.74, 6) is -0.856. The molecular weight excluding hydrogens is 218 g/mol. The molecule has 1 N–H and O–H groups in total. The van der Waals surface area contributed by atoms with E-state index in [-0.39, 0.29) is 23.9 Å². The van der Waals surface area contributed by atoms with Crippen LogP contribution < -0.4 is 0 Å². The predicted molar refractivity (Wildman–Crippen MR) is 63.6 cm³/mol. The number of carboxylic acid groups (broad SMARTS) is 1. The van der Waals surface area contributed by atoms with E-state index in [0.29, 0.717) is 6.42 Å². The van der Waals surface area contributed by atoms with Crippen molar-refractivity contribution in [2.45, 2.75) is 57.9 Å². The van der Waals surface area contributed by atoms with E-state index in [0.717, 1.165) is 19.3 Å². The highest BCUT2D eigenvalue weighted by Crippen LogP contribution is 2.49. The molecule has 0 radical (unpaired) electrons. The maximum absolute atomic E-state index is 12.0. The average Bonchev–Trinajstić information content (AvgIpc) is 2.51. The Kier molecular flexibility index (Phi) is 3.40. The normalized spacial score (nSPS) is 27.7. The summed E-state index contributed by atoms with van der Waals surface area (Å²) < 4.78 is 0. The van der Waals surface area contributed by atoms with Crippen LogP contribution >= 0.6 is 0 Å². The molecule has 2 fully saturated rings. The number of rotatable bonds is 3. The Labute approximate surface area is 102 Å². The minimum absolute atomic E-state index is 0.0427. The number of aliphatic carboxylic acids is 1. The first-order valence-corrected chi connectivity index (χ1v) is 6.60. The van der Waals surface area contributed by atoms with E-state index in [4.69, 9.17) is 5.11 Å². The van der Waals surface area contributed by atoms with Crippen LogP contribution in [-0.2, 0) is 9.59 Å². The van der Waals surface area contributed by atoms with Crippen molar-refractivity contribution >= 4 is 11.9 Å². The highest BCUT2D eigenvalue weighted by Gasteiger charge is 2.50. The number of amides is 1. The molecule has 17 heavy (non-hydrogen) atoms. The van der Waals surface area contributed by atoms with E-state index in [9.17, 15) is 9.59 Å². The Morgan fingerprint density at radius 1 is 1.41 bits per heavy atom. The molecule has 0 aromatic carbocycles. The van der Waals surface area contributed by atoms with Crippen molar-refractivity contribution in [2.24, 2.45) is 5.41 Å². The van der Waals surface area contributed by atoms with Crippen molar-refractivity contribution < 1.29 is 14.7 Å². The Hall–Kier alpha value is -1.06. The van der Waals surface area contributed by atoms with E-state index in [2.05, 4.69) is 6.92 Å². The summed E-state index contributed by atoms with van der Waals surface area (Å²) in [5, 5.41) is 8.90. The molecular formula is C13H21NO3. The smallest absolute Gasteiger partial charge is 0.323 e. The van der Waals surface area contributed by atoms with E-state index in [1.165, 1.54) is 19.3 Å². The van der Waals surface area contributed by atoms with E-state index in [1.54, 1.807) is 4.90 Å². The molecule has 1 aliphatic heterocycles. The molecule has 0 bridgehead atoms. The molecule has 0 aromatic heterocycles. The van der Waals surface area contributed by atoms with Gasteiger partial charge in [-0.2, -0.15) is 0 Å². The molecule has 1 saturated carbocycles. The van der Waals surface area contributed by atoms with Crippen LogP contribution in [0.25, 0.3) is 0 Å². The molecule has 4 heteroatoms. The zero-order valence-corrected chi connectivity index (χ0v) is 10.4. The summed E-state index contributed by atoms with van der Waals surface area (Å²) in [6, 6.07) is 0.145. The molecule has 1 aliphatic carbocycles. The summed E-state index contributed by atoms with van der Waals surface area (Å²) >= 11 is 0. The van der Waals surface area contributed by atoms with Crippen molar-refractivity contribution in [3.8, 4) is 0 Å². The second-order valence-corrected chi connectivity index (χ2v) is 5.44. The van der Waals surface area contributed by atoms with Gasteiger partial charge in [0.1, 0.15) is 6.54 Å². The fourth-order valence-corrected chi connectivity index (χ4v) is 3.79. The molecule has 1 atom stereocenters. The monoisotopic (exact) mass is 239 g/mol. The van der Waals surface area contributed by atoms with Gasteiger partial charge in [0.15, 0.2) is 0 Å². The van der Waals surface area contributed by atoms with Crippen LogP contribution in [0.1, 0.15) is 51.9 Å². The molecule has 2 aliphatic rings. The number of nitrogens with zero attached hydrogens (tertiary/aromatic N) is 1. The molecule has 4 nitrogen and oxygen atoms in total. The fraction of sp³-hybridized carbons (Fsp3) is 0.846. The third-order valence-electron chi connectivity index (χ3n) is 4.45. The summed E-state index contributed by atoms with van der Waals surface area (Å²) in [7, 11) is 0. The second kappa shape index (κ2) is 4.67. The van der Waals surface area contributed by atoms with Gasteiger partial charge in [0.25, 0.3) is 0 Å². The third-order valence-corrected chi connectivity index (χ3v) is 4.45. The molecule has 0 aromatic rings. The lowest BCUT2D eigenvalue weighted by Gasteiger charge is -2.39. The van der Waals surface area contributed by atoms with Gasteiger partial charge in [0.2, 0.25) is 5.91 Å². The van der Waals surface area contributed by atoms with Gasteiger partial charge in [-0.25, -0.2) is 0 Å². The summed E-state index contributed by atoms with van der Waals surface area (Å²) in [6.07, 6.45) is 7.25. The summed E-state index contributed by atoms with van der Waals surface area (Å²) in [6.45, 7) is 1.94. The largest absolute Gasteiger partial charge is 0.480 e. The molecule has 1 saturated heterocycles. The quantitative estimate of drug-likeness (QED) is 0.819. The third kappa shape index (κ3) is 2.17. The number of likely N-dealkylation sites (tertiary alicyclic amines) is 1. The van der Waals surface area contributed by atoms with Gasteiger partial charge in [0.05, 0.1) is 0 Å². The lowest BCUT2D eigenvalue weighted by molar-refractivity contribution is -0.144. The number of carboxylic acids is 1. The Morgan fingerprint density at radius 3 is 2.59 bits per heavy atom. The van der Waals surface area contributed by atoms with Gasteiger partial charge in [-0.05, 0) is 24.7 Å². The molecule has 96 valence electrons. The molecule has 1 spiro atoms. The maximum Gasteiger partial charge on any atom is 0.323 e. The first kappa shape index (κ1) is 12.4. The minimum atomic E-state index is -0.898. The number of carbonyl (C=O) groups excluding carboxylic acids is 1. The topological polar surface area (TPSA) is 57.6 Å². The van der Waals surface area contributed by atoms with Crippen molar-refractivity contribution in [3.63, 3.8) is 0 Å². The first-order chi connectivity index (χ1) is 8.09. The summed E-state index contributed by atoms with van der Waals surface area (Å²) in [4.78, 5) is 24.5. The Bertz CT molecular complexity index is 321. The number of carbonyl (C=O) groups is 2. The minimum Gasteiger partial charge on any atom is -0.480 e. The Morgan fingerprint density at radius 2 is 2.06 bits per heavy atom. The lowest BCUT2D eigenvalue weighted by Crippen LogP contribution is -2.43. The first-order valence-electron chi connectivity index (χ1n) is 6.60. The van der Waals surface area contributed by atoms with Crippen LogP contribution in [0.5, 0.6) is 0 Å². The zero-order chi connectivity index (χ0) is 12.5.